The predicted octanol–water partition coefficient (Wildman–Crippen LogP) is 5.49. The van der Waals surface area contributed by atoms with E-state index in [0.29, 0.717) is 5.02 Å². The van der Waals surface area contributed by atoms with Crippen molar-refractivity contribution >= 4 is 11.6 Å². The summed E-state index contributed by atoms with van der Waals surface area (Å²) in [6.45, 7) is 4.93. The van der Waals surface area contributed by atoms with Gasteiger partial charge in [0, 0.05) is 6.04 Å². The first kappa shape index (κ1) is 17.3. The molecule has 1 aromatic carbocycles. The molecule has 0 unspecified atom stereocenters. The van der Waals surface area contributed by atoms with Crippen molar-refractivity contribution in [3.8, 4) is 5.75 Å². The summed E-state index contributed by atoms with van der Waals surface area (Å²) in [6, 6.07) is 5.80. The van der Waals surface area contributed by atoms with Crippen molar-refractivity contribution in [3.63, 3.8) is 0 Å². The second-order valence-corrected chi connectivity index (χ2v) is 5.86. The van der Waals surface area contributed by atoms with Crippen LogP contribution in [0.4, 0.5) is 0 Å². The van der Waals surface area contributed by atoms with Crippen LogP contribution in [0.3, 0.4) is 0 Å². The Labute approximate surface area is 128 Å². The van der Waals surface area contributed by atoms with Crippen LogP contribution in [0.5, 0.6) is 5.75 Å². The number of ether oxygens (including phenoxy) is 1. The Morgan fingerprint density at radius 3 is 2.35 bits per heavy atom. The first-order valence-corrected chi connectivity index (χ1v) is 8.20. The zero-order valence-corrected chi connectivity index (χ0v) is 13.6. The van der Waals surface area contributed by atoms with Gasteiger partial charge in [-0.05, 0) is 31.0 Å². The number of benzene rings is 1. The zero-order chi connectivity index (χ0) is 14.8. The van der Waals surface area contributed by atoms with E-state index in [0.717, 1.165) is 24.3 Å². The molecular formula is C17H28ClNO. The summed E-state index contributed by atoms with van der Waals surface area (Å²) in [7, 11) is 0. The molecule has 0 spiro atoms. The van der Waals surface area contributed by atoms with Crippen molar-refractivity contribution in [1.29, 1.82) is 0 Å². The standard InChI is InChI=1S/C17H28ClNO/c1-3-4-5-6-7-8-9-12-20-17-11-10-15(14(2)19)13-16(17)18/h10-11,13-14H,3-9,12,19H2,1-2H3/t14-/m1/s1. The Morgan fingerprint density at radius 1 is 1.10 bits per heavy atom. The highest BCUT2D eigenvalue weighted by Crippen LogP contribution is 2.27. The molecule has 0 saturated heterocycles. The minimum absolute atomic E-state index is 0.00432. The Morgan fingerprint density at radius 2 is 1.75 bits per heavy atom. The highest BCUT2D eigenvalue weighted by molar-refractivity contribution is 6.32. The summed E-state index contributed by atoms with van der Waals surface area (Å²) < 4.78 is 5.73. The van der Waals surface area contributed by atoms with Crippen molar-refractivity contribution in [3.05, 3.63) is 28.8 Å². The van der Waals surface area contributed by atoms with Gasteiger partial charge in [-0.15, -0.1) is 0 Å². The number of halogens is 1. The molecule has 2 N–H and O–H groups in total. The van der Waals surface area contributed by atoms with Gasteiger partial charge in [-0.1, -0.05) is 63.1 Å². The van der Waals surface area contributed by atoms with Gasteiger partial charge in [-0.2, -0.15) is 0 Å². The molecule has 0 aliphatic rings. The molecule has 0 bridgehead atoms. The maximum absolute atomic E-state index is 6.19. The average Bonchev–Trinajstić information content (AvgIpc) is 2.43. The molecule has 2 nitrogen and oxygen atoms in total. The molecule has 0 fully saturated rings. The third kappa shape index (κ3) is 6.62. The fourth-order valence-electron chi connectivity index (χ4n) is 2.16. The number of hydrogen-bond acceptors (Lipinski definition) is 2. The van der Waals surface area contributed by atoms with Gasteiger partial charge >= 0.3 is 0 Å². The Hall–Kier alpha value is -0.730. The molecule has 0 saturated carbocycles. The molecule has 0 aromatic heterocycles. The van der Waals surface area contributed by atoms with Crippen LogP contribution in [0.15, 0.2) is 18.2 Å². The first-order chi connectivity index (χ1) is 9.65. The van der Waals surface area contributed by atoms with Gasteiger partial charge in [-0.25, -0.2) is 0 Å². The number of hydrogen-bond donors (Lipinski definition) is 1. The van der Waals surface area contributed by atoms with Crippen LogP contribution < -0.4 is 10.5 Å². The number of rotatable bonds is 10. The minimum Gasteiger partial charge on any atom is -0.492 e. The summed E-state index contributed by atoms with van der Waals surface area (Å²) >= 11 is 6.19. The quantitative estimate of drug-likeness (QED) is 0.580. The fourth-order valence-corrected chi connectivity index (χ4v) is 2.40. The number of unbranched alkanes of at least 4 members (excludes halogenated alkanes) is 6. The summed E-state index contributed by atoms with van der Waals surface area (Å²) in [5, 5.41) is 0.655. The normalized spacial score (nSPS) is 12.4. The summed E-state index contributed by atoms with van der Waals surface area (Å²) in [5.74, 6) is 0.766. The lowest BCUT2D eigenvalue weighted by Crippen LogP contribution is -2.05. The lowest BCUT2D eigenvalue weighted by molar-refractivity contribution is 0.304. The second-order valence-electron chi connectivity index (χ2n) is 5.45. The van der Waals surface area contributed by atoms with Gasteiger partial charge in [0.2, 0.25) is 0 Å². The molecular weight excluding hydrogens is 270 g/mol. The van der Waals surface area contributed by atoms with E-state index >= 15 is 0 Å². The van der Waals surface area contributed by atoms with E-state index in [-0.39, 0.29) is 6.04 Å². The number of nitrogens with two attached hydrogens (primary N) is 1. The van der Waals surface area contributed by atoms with Crippen LogP contribution in [0.2, 0.25) is 5.02 Å². The molecule has 0 aliphatic carbocycles. The summed E-state index contributed by atoms with van der Waals surface area (Å²) in [5.41, 5.74) is 6.86. The zero-order valence-electron chi connectivity index (χ0n) is 12.8. The van der Waals surface area contributed by atoms with Gasteiger partial charge in [0.25, 0.3) is 0 Å². The largest absolute Gasteiger partial charge is 0.492 e. The molecule has 20 heavy (non-hydrogen) atoms. The molecule has 0 heterocycles. The maximum atomic E-state index is 6.19. The van der Waals surface area contributed by atoms with Crippen molar-refractivity contribution in [2.24, 2.45) is 5.73 Å². The molecule has 3 heteroatoms. The van der Waals surface area contributed by atoms with Crippen molar-refractivity contribution in [2.75, 3.05) is 6.61 Å². The topological polar surface area (TPSA) is 35.2 Å². The van der Waals surface area contributed by atoms with Crippen LogP contribution in [0.1, 0.15) is 70.4 Å². The smallest absolute Gasteiger partial charge is 0.137 e. The molecule has 1 aromatic rings. The van der Waals surface area contributed by atoms with Crippen molar-refractivity contribution < 1.29 is 4.74 Å². The van der Waals surface area contributed by atoms with E-state index in [4.69, 9.17) is 22.1 Å². The molecule has 114 valence electrons. The van der Waals surface area contributed by atoms with E-state index in [1.807, 2.05) is 25.1 Å². The monoisotopic (exact) mass is 297 g/mol. The SMILES string of the molecule is CCCCCCCCCOc1ccc([C@@H](C)N)cc1Cl. The lowest BCUT2D eigenvalue weighted by atomic mass is 10.1. The van der Waals surface area contributed by atoms with Crippen LogP contribution in [-0.2, 0) is 0 Å². The van der Waals surface area contributed by atoms with Crippen molar-refractivity contribution in [1.82, 2.24) is 0 Å². The van der Waals surface area contributed by atoms with Crippen LogP contribution in [0.25, 0.3) is 0 Å². The van der Waals surface area contributed by atoms with E-state index in [1.54, 1.807) is 0 Å². The van der Waals surface area contributed by atoms with E-state index in [2.05, 4.69) is 6.92 Å². The molecule has 0 radical (unpaired) electrons. The van der Waals surface area contributed by atoms with E-state index in [1.165, 1.54) is 38.5 Å². The first-order valence-electron chi connectivity index (χ1n) is 7.83. The highest BCUT2D eigenvalue weighted by atomic mass is 35.5. The Kier molecular flexibility index (Phi) is 8.72. The van der Waals surface area contributed by atoms with Crippen LogP contribution >= 0.6 is 11.6 Å². The van der Waals surface area contributed by atoms with Gasteiger partial charge in [0.1, 0.15) is 5.75 Å². The highest BCUT2D eigenvalue weighted by Gasteiger charge is 2.05. The van der Waals surface area contributed by atoms with Gasteiger partial charge in [0.15, 0.2) is 0 Å². The summed E-state index contributed by atoms with van der Waals surface area (Å²) in [6.07, 6.45) is 9.01. The van der Waals surface area contributed by atoms with Gasteiger partial charge in [-0.3, -0.25) is 0 Å². The van der Waals surface area contributed by atoms with Crippen molar-refractivity contribution in [2.45, 2.75) is 64.8 Å². The average molecular weight is 298 g/mol. The summed E-state index contributed by atoms with van der Waals surface area (Å²) in [4.78, 5) is 0. The Balaban J connectivity index is 2.19. The molecule has 1 rings (SSSR count). The van der Waals surface area contributed by atoms with Gasteiger partial charge in [0.05, 0.1) is 11.6 Å². The van der Waals surface area contributed by atoms with E-state index in [9.17, 15) is 0 Å². The minimum atomic E-state index is 0.00432. The Bertz CT molecular complexity index is 379. The second kappa shape index (κ2) is 10.1. The van der Waals surface area contributed by atoms with Crippen LogP contribution in [0, 0.1) is 0 Å². The molecule has 0 amide bonds. The third-order valence-electron chi connectivity index (χ3n) is 3.49. The maximum Gasteiger partial charge on any atom is 0.137 e. The lowest BCUT2D eigenvalue weighted by Gasteiger charge is -2.11. The van der Waals surface area contributed by atoms with Gasteiger partial charge < -0.3 is 10.5 Å². The fraction of sp³-hybridized carbons (Fsp3) is 0.647. The molecule has 1 atom stereocenters. The van der Waals surface area contributed by atoms with Crippen LogP contribution in [-0.4, -0.2) is 6.61 Å². The predicted molar refractivity (Wildman–Crippen MR) is 87.5 cm³/mol. The molecule has 0 aliphatic heterocycles. The van der Waals surface area contributed by atoms with E-state index < -0.39 is 0 Å². The third-order valence-corrected chi connectivity index (χ3v) is 3.78.